The van der Waals surface area contributed by atoms with E-state index in [1.165, 1.54) is 33.0 Å². The molecule has 3 heteroatoms. The Kier molecular flexibility index (Phi) is 5.63. The lowest BCUT2D eigenvalue weighted by molar-refractivity contribution is -0.688. The largest absolute Gasteiger partial charge is 0.489 e. The summed E-state index contributed by atoms with van der Waals surface area (Å²) in [7, 11) is 2.03. The van der Waals surface area contributed by atoms with Crippen LogP contribution in [0.4, 0.5) is 0 Å². The van der Waals surface area contributed by atoms with Crippen molar-refractivity contribution < 1.29 is 13.9 Å². The second-order valence-corrected chi connectivity index (χ2v) is 8.13. The third-order valence-corrected chi connectivity index (χ3v) is 5.72. The van der Waals surface area contributed by atoms with Crippen molar-refractivity contribution in [1.29, 1.82) is 0 Å². The zero-order valence-electron chi connectivity index (χ0n) is 18.2. The van der Waals surface area contributed by atoms with Crippen LogP contribution >= 0.6 is 0 Å². The number of ether oxygens (including phenoxy) is 1. The monoisotopic (exact) mass is 418 g/mol. The molecule has 2 aromatic heterocycles. The quantitative estimate of drug-likeness (QED) is 0.344. The molecule has 0 unspecified atom stereocenters. The first-order chi connectivity index (χ1) is 15.7. The van der Waals surface area contributed by atoms with Crippen molar-refractivity contribution >= 4 is 10.8 Å². The van der Waals surface area contributed by atoms with E-state index >= 15 is 0 Å². The number of rotatable bonds is 6. The molecule has 0 atom stereocenters. The Balaban J connectivity index is 1.20. The van der Waals surface area contributed by atoms with Crippen molar-refractivity contribution in [2.75, 3.05) is 0 Å². The van der Waals surface area contributed by atoms with E-state index in [2.05, 4.69) is 114 Å². The fourth-order valence-electron chi connectivity index (χ4n) is 3.82. The van der Waals surface area contributed by atoms with Gasteiger partial charge in [-0.1, -0.05) is 54.6 Å². The maximum atomic E-state index is 6.01. The topological polar surface area (TPSA) is 17.0 Å². The van der Waals surface area contributed by atoms with Gasteiger partial charge in [-0.05, 0) is 39.6 Å². The Morgan fingerprint density at radius 1 is 0.625 bits per heavy atom. The molecule has 3 nitrogen and oxygen atoms in total. The van der Waals surface area contributed by atoms with Crippen LogP contribution in [0.1, 0.15) is 11.1 Å². The van der Waals surface area contributed by atoms with Crippen LogP contribution < -0.4 is 13.9 Å². The number of nitrogens with zero attached hydrogens (tertiary/aromatic N) is 2. The summed E-state index contributed by atoms with van der Waals surface area (Å²) in [5.41, 5.74) is 4.89. The molecule has 156 valence electrons. The van der Waals surface area contributed by atoms with E-state index in [4.69, 9.17) is 4.74 Å². The van der Waals surface area contributed by atoms with Gasteiger partial charge in [0.25, 0.3) is 0 Å². The average molecular weight is 419 g/mol. The van der Waals surface area contributed by atoms with E-state index in [0.717, 1.165) is 12.3 Å². The van der Waals surface area contributed by atoms with Crippen molar-refractivity contribution in [3.8, 4) is 16.9 Å². The summed E-state index contributed by atoms with van der Waals surface area (Å²) >= 11 is 0. The molecule has 3 aromatic carbocycles. The average Bonchev–Trinajstić information content (AvgIpc) is 2.84. The van der Waals surface area contributed by atoms with Crippen LogP contribution in [0.25, 0.3) is 21.9 Å². The highest BCUT2D eigenvalue weighted by Crippen LogP contribution is 2.21. The summed E-state index contributed by atoms with van der Waals surface area (Å²) in [6, 6.07) is 31.8. The SMILES string of the molecule is C[n+]1ccc(-c2cc[n+](Cc3ccc(COc4ccc5ccccc5c4)cc3)cc2)cc1. The molecule has 0 saturated carbocycles. The van der Waals surface area contributed by atoms with E-state index in [9.17, 15) is 0 Å². The zero-order valence-corrected chi connectivity index (χ0v) is 18.2. The molecule has 0 fully saturated rings. The minimum atomic E-state index is 0.565. The summed E-state index contributed by atoms with van der Waals surface area (Å²) in [6.45, 7) is 1.41. The third kappa shape index (κ3) is 4.68. The fraction of sp³-hybridized carbons (Fsp3) is 0.103. The Morgan fingerprint density at radius 2 is 1.25 bits per heavy atom. The normalized spacial score (nSPS) is 10.9. The Morgan fingerprint density at radius 3 is 1.97 bits per heavy atom. The van der Waals surface area contributed by atoms with Crippen molar-refractivity contribution in [2.45, 2.75) is 13.2 Å². The lowest BCUT2D eigenvalue weighted by atomic mass is 10.1. The molecule has 0 radical (unpaired) electrons. The summed E-state index contributed by atoms with van der Waals surface area (Å²) in [4.78, 5) is 0. The molecule has 32 heavy (non-hydrogen) atoms. The first kappa shape index (κ1) is 20.0. The number of fused-ring (bicyclic) bond motifs is 1. The number of aromatic nitrogens is 2. The minimum Gasteiger partial charge on any atom is -0.489 e. The van der Waals surface area contributed by atoms with E-state index < -0.39 is 0 Å². The maximum absolute atomic E-state index is 6.01. The molecule has 5 aromatic rings. The Bertz CT molecular complexity index is 1320. The summed E-state index contributed by atoms with van der Waals surface area (Å²) in [6.07, 6.45) is 8.42. The number of pyridine rings is 2. The molecule has 0 amide bonds. The van der Waals surface area contributed by atoms with Crippen LogP contribution in [0.3, 0.4) is 0 Å². The van der Waals surface area contributed by atoms with Gasteiger partial charge in [-0.3, -0.25) is 0 Å². The number of benzene rings is 3. The van der Waals surface area contributed by atoms with E-state index in [1.54, 1.807) is 0 Å². The molecular formula is C29H26N2O+2. The lowest BCUT2D eigenvalue weighted by Gasteiger charge is -2.08. The molecule has 0 spiro atoms. The second-order valence-electron chi connectivity index (χ2n) is 8.13. The van der Waals surface area contributed by atoms with E-state index in [1.807, 2.05) is 17.7 Å². The van der Waals surface area contributed by atoms with Gasteiger partial charge in [0, 0.05) is 29.8 Å². The molecule has 0 saturated heterocycles. The van der Waals surface area contributed by atoms with Crippen LogP contribution in [-0.4, -0.2) is 0 Å². The van der Waals surface area contributed by atoms with Crippen LogP contribution in [0, 0.1) is 0 Å². The van der Waals surface area contributed by atoms with Crippen LogP contribution in [0.15, 0.2) is 116 Å². The maximum Gasteiger partial charge on any atom is 0.173 e. The van der Waals surface area contributed by atoms with Crippen molar-refractivity contribution in [1.82, 2.24) is 0 Å². The summed E-state index contributed by atoms with van der Waals surface area (Å²) in [5, 5.41) is 2.43. The van der Waals surface area contributed by atoms with Crippen molar-refractivity contribution in [3.05, 3.63) is 127 Å². The molecule has 0 bridgehead atoms. The minimum absolute atomic E-state index is 0.565. The van der Waals surface area contributed by atoms with Gasteiger partial charge in [0.2, 0.25) is 0 Å². The fourth-order valence-corrected chi connectivity index (χ4v) is 3.82. The van der Waals surface area contributed by atoms with E-state index in [0.29, 0.717) is 6.61 Å². The molecule has 0 N–H and O–H groups in total. The van der Waals surface area contributed by atoms with Crippen LogP contribution in [0.2, 0.25) is 0 Å². The van der Waals surface area contributed by atoms with Crippen LogP contribution in [0.5, 0.6) is 5.75 Å². The smallest absolute Gasteiger partial charge is 0.173 e. The first-order valence-electron chi connectivity index (χ1n) is 10.9. The molecule has 2 heterocycles. The van der Waals surface area contributed by atoms with Gasteiger partial charge in [0.15, 0.2) is 31.3 Å². The van der Waals surface area contributed by atoms with Gasteiger partial charge in [-0.15, -0.1) is 0 Å². The predicted octanol–water partition coefficient (Wildman–Crippen LogP) is 5.25. The molecule has 0 aliphatic heterocycles. The predicted molar refractivity (Wildman–Crippen MR) is 127 cm³/mol. The van der Waals surface area contributed by atoms with Gasteiger partial charge in [0.1, 0.15) is 19.4 Å². The van der Waals surface area contributed by atoms with Gasteiger partial charge < -0.3 is 4.74 Å². The highest BCUT2D eigenvalue weighted by molar-refractivity contribution is 5.83. The van der Waals surface area contributed by atoms with Crippen LogP contribution in [-0.2, 0) is 20.2 Å². The number of aryl methyl sites for hydroxylation is 1. The van der Waals surface area contributed by atoms with Crippen molar-refractivity contribution in [3.63, 3.8) is 0 Å². The lowest BCUT2D eigenvalue weighted by Crippen LogP contribution is -2.33. The molecule has 0 aliphatic carbocycles. The standard InChI is InChI=1S/C29H26N2O/c1-30-16-12-26(13-17-30)27-14-18-31(19-15-27)21-23-6-8-24(9-7-23)22-32-29-11-10-25-4-2-3-5-28(25)20-29/h2-20H,21-22H2,1H3/q+2. The van der Waals surface area contributed by atoms with Gasteiger partial charge in [0.05, 0.1) is 0 Å². The third-order valence-electron chi connectivity index (χ3n) is 5.72. The summed E-state index contributed by atoms with van der Waals surface area (Å²) < 4.78 is 10.3. The Labute approximate surface area is 188 Å². The number of hydrogen-bond acceptors (Lipinski definition) is 1. The summed E-state index contributed by atoms with van der Waals surface area (Å²) in [5.74, 6) is 0.899. The molecule has 0 aliphatic rings. The zero-order chi connectivity index (χ0) is 21.8. The van der Waals surface area contributed by atoms with Gasteiger partial charge >= 0.3 is 0 Å². The molecule has 5 rings (SSSR count). The van der Waals surface area contributed by atoms with E-state index in [-0.39, 0.29) is 0 Å². The Hall–Kier alpha value is -3.98. The first-order valence-corrected chi connectivity index (χ1v) is 10.9. The molecular weight excluding hydrogens is 392 g/mol. The number of hydrogen-bond donors (Lipinski definition) is 0. The van der Waals surface area contributed by atoms with Crippen molar-refractivity contribution in [2.24, 2.45) is 7.05 Å². The van der Waals surface area contributed by atoms with Gasteiger partial charge in [-0.2, -0.15) is 0 Å². The van der Waals surface area contributed by atoms with Gasteiger partial charge in [-0.25, -0.2) is 9.13 Å². The second kappa shape index (κ2) is 9.03. The highest BCUT2D eigenvalue weighted by atomic mass is 16.5. The highest BCUT2D eigenvalue weighted by Gasteiger charge is 2.06.